The Balaban J connectivity index is 2.46. The molecule has 110 valence electrons. The number of nitrogens with two attached hydrogens (primary N) is 1. The number of nitrogen functional groups attached to an aromatic ring is 1. The smallest absolute Gasteiger partial charge is 0.335 e. The predicted molar refractivity (Wildman–Crippen MR) is 78.8 cm³/mol. The highest BCUT2D eigenvalue weighted by molar-refractivity contribution is 5.90. The topological polar surface area (TPSA) is 104 Å². The third kappa shape index (κ3) is 4.79. The van der Waals surface area contributed by atoms with E-state index in [1.54, 1.807) is 6.07 Å². The van der Waals surface area contributed by atoms with E-state index in [0.29, 0.717) is 24.3 Å². The third-order valence-electron chi connectivity index (χ3n) is 2.99. The number of nitrogens with one attached hydrogen (secondary N) is 2. The van der Waals surface area contributed by atoms with E-state index >= 15 is 0 Å². The van der Waals surface area contributed by atoms with Gasteiger partial charge in [0.15, 0.2) is 0 Å². The number of hydrogen-bond acceptors (Lipinski definition) is 4. The summed E-state index contributed by atoms with van der Waals surface area (Å²) in [7, 11) is 0. The van der Waals surface area contributed by atoms with Crippen LogP contribution in [-0.2, 0) is 4.79 Å². The molecule has 0 saturated heterocycles. The Morgan fingerprint density at radius 2 is 2.10 bits per heavy atom. The summed E-state index contributed by atoms with van der Waals surface area (Å²) in [6.07, 6.45) is 1.23. The molecule has 0 aliphatic rings. The molecule has 1 amide bonds. The van der Waals surface area contributed by atoms with Crippen molar-refractivity contribution in [3.05, 3.63) is 23.8 Å². The Kier molecular flexibility index (Phi) is 5.83. The van der Waals surface area contributed by atoms with Crippen LogP contribution >= 0.6 is 0 Å². The van der Waals surface area contributed by atoms with Crippen molar-refractivity contribution in [1.29, 1.82) is 0 Å². The second-order valence-electron chi connectivity index (χ2n) is 4.66. The summed E-state index contributed by atoms with van der Waals surface area (Å²) >= 11 is 0. The number of carboxylic acid groups (broad SMARTS) is 1. The molecule has 0 radical (unpaired) electrons. The van der Waals surface area contributed by atoms with E-state index in [1.807, 2.05) is 13.8 Å². The monoisotopic (exact) mass is 279 g/mol. The average Bonchev–Trinajstić information content (AvgIpc) is 2.40. The zero-order chi connectivity index (χ0) is 15.1. The van der Waals surface area contributed by atoms with E-state index in [4.69, 9.17) is 10.8 Å². The van der Waals surface area contributed by atoms with Gasteiger partial charge in [0.2, 0.25) is 5.91 Å². The molecule has 0 aliphatic heterocycles. The molecule has 6 nitrogen and oxygen atoms in total. The molecule has 0 aromatic heterocycles. The van der Waals surface area contributed by atoms with Gasteiger partial charge in [-0.05, 0) is 31.5 Å². The summed E-state index contributed by atoms with van der Waals surface area (Å²) in [5, 5.41) is 14.7. The molecule has 0 heterocycles. The van der Waals surface area contributed by atoms with Gasteiger partial charge in [-0.3, -0.25) is 4.79 Å². The summed E-state index contributed by atoms with van der Waals surface area (Å²) in [4.78, 5) is 22.3. The second-order valence-corrected chi connectivity index (χ2v) is 4.66. The Morgan fingerprint density at radius 1 is 1.40 bits per heavy atom. The molecule has 1 aromatic rings. The molecule has 6 heteroatoms. The van der Waals surface area contributed by atoms with Crippen LogP contribution in [0.25, 0.3) is 0 Å². The van der Waals surface area contributed by atoms with E-state index in [-0.39, 0.29) is 17.5 Å². The number of amides is 1. The van der Waals surface area contributed by atoms with Crippen LogP contribution < -0.4 is 16.4 Å². The lowest BCUT2D eigenvalue weighted by atomic mass is 10.1. The highest BCUT2D eigenvalue weighted by Crippen LogP contribution is 2.19. The first-order valence-electron chi connectivity index (χ1n) is 6.60. The molecule has 0 saturated carbocycles. The lowest BCUT2D eigenvalue weighted by Crippen LogP contribution is -2.32. The Bertz CT molecular complexity index is 489. The summed E-state index contributed by atoms with van der Waals surface area (Å²) in [5.41, 5.74) is 6.88. The van der Waals surface area contributed by atoms with Crippen molar-refractivity contribution in [2.75, 3.05) is 17.6 Å². The lowest BCUT2D eigenvalue weighted by molar-refractivity contribution is -0.121. The van der Waals surface area contributed by atoms with Crippen molar-refractivity contribution in [2.45, 2.75) is 32.7 Å². The highest BCUT2D eigenvalue weighted by atomic mass is 16.4. The first kappa shape index (κ1) is 15.8. The fourth-order valence-electron chi connectivity index (χ4n) is 1.62. The van der Waals surface area contributed by atoms with Crippen LogP contribution in [0.4, 0.5) is 11.4 Å². The number of benzene rings is 1. The first-order chi connectivity index (χ1) is 9.43. The van der Waals surface area contributed by atoms with Gasteiger partial charge in [-0.2, -0.15) is 0 Å². The maximum atomic E-state index is 11.6. The van der Waals surface area contributed by atoms with Crippen LogP contribution in [0.2, 0.25) is 0 Å². The van der Waals surface area contributed by atoms with Gasteiger partial charge in [0, 0.05) is 19.0 Å². The van der Waals surface area contributed by atoms with Gasteiger partial charge in [0.1, 0.15) is 0 Å². The van der Waals surface area contributed by atoms with Crippen molar-refractivity contribution >= 4 is 23.3 Å². The lowest BCUT2D eigenvalue weighted by Gasteiger charge is -2.13. The van der Waals surface area contributed by atoms with Gasteiger partial charge >= 0.3 is 5.97 Å². The molecule has 0 fully saturated rings. The molecule has 20 heavy (non-hydrogen) atoms. The van der Waals surface area contributed by atoms with Crippen LogP contribution in [0.3, 0.4) is 0 Å². The van der Waals surface area contributed by atoms with Crippen LogP contribution in [-0.4, -0.2) is 29.6 Å². The fraction of sp³-hybridized carbons (Fsp3) is 0.429. The highest BCUT2D eigenvalue weighted by Gasteiger charge is 2.08. The molecular formula is C14H21N3O3. The van der Waals surface area contributed by atoms with E-state index in [0.717, 1.165) is 6.42 Å². The first-order valence-corrected chi connectivity index (χ1v) is 6.60. The van der Waals surface area contributed by atoms with Crippen molar-refractivity contribution in [3.8, 4) is 0 Å². The van der Waals surface area contributed by atoms with Crippen molar-refractivity contribution in [2.24, 2.45) is 0 Å². The number of hydrogen-bond donors (Lipinski definition) is 4. The fourth-order valence-corrected chi connectivity index (χ4v) is 1.62. The van der Waals surface area contributed by atoms with Crippen molar-refractivity contribution in [3.63, 3.8) is 0 Å². The average molecular weight is 279 g/mol. The molecule has 0 spiro atoms. The molecule has 5 N–H and O–H groups in total. The molecule has 1 aromatic carbocycles. The number of carbonyl (C=O) groups excluding carboxylic acids is 1. The number of anilines is 2. The van der Waals surface area contributed by atoms with E-state index in [9.17, 15) is 9.59 Å². The van der Waals surface area contributed by atoms with Crippen LogP contribution in [0.5, 0.6) is 0 Å². The van der Waals surface area contributed by atoms with Crippen LogP contribution in [0.1, 0.15) is 37.0 Å². The molecular weight excluding hydrogens is 258 g/mol. The summed E-state index contributed by atoms with van der Waals surface area (Å²) in [6, 6.07) is 4.64. The van der Waals surface area contributed by atoms with E-state index in [2.05, 4.69) is 10.6 Å². The molecule has 0 bridgehead atoms. The predicted octanol–water partition coefficient (Wildman–Crippen LogP) is 1.68. The van der Waals surface area contributed by atoms with E-state index in [1.165, 1.54) is 12.1 Å². The SMILES string of the molecule is CCC(C)NC(=O)CCNc1ccc(C(=O)O)cc1N. The Hall–Kier alpha value is -2.24. The van der Waals surface area contributed by atoms with Gasteiger partial charge in [0.25, 0.3) is 0 Å². The Morgan fingerprint density at radius 3 is 2.65 bits per heavy atom. The minimum atomic E-state index is -1.02. The maximum Gasteiger partial charge on any atom is 0.335 e. The minimum Gasteiger partial charge on any atom is -0.478 e. The largest absolute Gasteiger partial charge is 0.478 e. The quantitative estimate of drug-likeness (QED) is 0.568. The summed E-state index contributed by atoms with van der Waals surface area (Å²) in [5.74, 6) is -1.04. The standard InChI is InChI=1S/C14H21N3O3/c1-3-9(2)17-13(18)6-7-16-12-5-4-10(14(19)20)8-11(12)15/h4-5,8-9,16H,3,6-7,15H2,1-2H3,(H,17,18)(H,19,20). The second kappa shape index (κ2) is 7.37. The van der Waals surface area contributed by atoms with E-state index < -0.39 is 5.97 Å². The number of aromatic carboxylic acids is 1. The molecule has 1 unspecified atom stereocenters. The van der Waals surface area contributed by atoms with Crippen molar-refractivity contribution in [1.82, 2.24) is 5.32 Å². The van der Waals surface area contributed by atoms with Gasteiger partial charge < -0.3 is 21.5 Å². The number of carbonyl (C=O) groups is 2. The number of rotatable bonds is 7. The summed E-state index contributed by atoms with van der Waals surface area (Å²) in [6.45, 7) is 4.40. The van der Waals surface area contributed by atoms with Gasteiger partial charge in [-0.1, -0.05) is 6.92 Å². The summed E-state index contributed by atoms with van der Waals surface area (Å²) < 4.78 is 0. The van der Waals surface area contributed by atoms with Gasteiger partial charge in [-0.15, -0.1) is 0 Å². The van der Waals surface area contributed by atoms with Crippen molar-refractivity contribution < 1.29 is 14.7 Å². The number of carboxylic acids is 1. The van der Waals surface area contributed by atoms with Crippen LogP contribution in [0.15, 0.2) is 18.2 Å². The van der Waals surface area contributed by atoms with Gasteiger partial charge in [-0.25, -0.2) is 4.79 Å². The zero-order valence-corrected chi connectivity index (χ0v) is 11.8. The molecule has 1 atom stereocenters. The van der Waals surface area contributed by atoms with Crippen LogP contribution in [0, 0.1) is 0 Å². The van der Waals surface area contributed by atoms with Gasteiger partial charge in [0.05, 0.1) is 16.9 Å². The maximum absolute atomic E-state index is 11.6. The molecule has 0 aliphatic carbocycles. The minimum absolute atomic E-state index is 0.0208. The molecule has 1 rings (SSSR count). The Labute approximate surface area is 118 Å². The third-order valence-corrected chi connectivity index (χ3v) is 2.99. The zero-order valence-electron chi connectivity index (χ0n) is 11.8. The normalized spacial score (nSPS) is 11.7.